The number of hydrogen-bond acceptors (Lipinski definition) is 2. The van der Waals surface area contributed by atoms with Gasteiger partial charge in [-0.15, -0.1) is 0 Å². The summed E-state index contributed by atoms with van der Waals surface area (Å²) in [6, 6.07) is 12.6. The molecule has 0 aromatic heterocycles. The maximum atomic E-state index is 5.46. The highest BCUT2D eigenvalue weighted by atomic mass is 32.1. The number of ether oxygens (including phenoxy) is 1. The summed E-state index contributed by atoms with van der Waals surface area (Å²) >= 11 is 5.46. The van der Waals surface area contributed by atoms with Crippen molar-refractivity contribution in [1.82, 2.24) is 5.32 Å². The Labute approximate surface area is 144 Å². The second kappa shape index (κ2) is 7.47. The zero-order valence-electron chi connectivity index (χ0n) is 14.4. The molecule has 0 bridgehead atoms. The highest BCUT2D eigenvalue weighted by Gasteiger charge is 2.11. The number of nitrogens with one attached hydrogen (secondary N) is 2. The quantitative estimate of drug-likeness (QED) is 0.799. The van der Waals surface area contributed by atoms with Crippen molar-refractivity contribution in [2.75, 3.05) is 12.4 Å². The standard InChI is InChI=1S/C19H24N2OS/c1-12-6-8-14(3)16(10-12)15(4)20-19(23)21-17-11-13(2)7-9-18(17)22-5/h6-11,15H,1-5H3,(H2,20,21,23). The van der Waals surface area contributed by atoms with Gasteiger partial charge in [-0.1, -0.05) is 29.8 Å². The van der Waals surface area contributed by atoms with Crippen LogP contribution in [0.1, 0.15) is 35.2 Å². The van der Waals surface area contributed by atoms with E-state index in [0.717, 1.165) is 17.0 Å². The molecule has 0 saturated carbocycles. The molecular formula is C19H24N2OS. The molecule has 0 aliphatic heterocycles. The molecule has 4 heteroatoms. The lowest BCUT2D eigenvalue weighted by molar-refractivity contribution is 0.417. The number of anilines is 1. The molecule has 0 aliphatic rings. The molecule has 0 amide bonds. The van der Waals surface area contributed by atoms with Gasteiger partial charge in [0.2, 0.25) is 0 Å². The topological polar surface area (TPSA) is 33.3 Å². The number of aryl methyl sites for hydroxylation is 3. The molecule has 3 nitrogen and oxygen atoms in total. The summed E-state index contributed by atoms with van der Waals surface area (Å²) < 4.78 is 5.38. The molecule has 0 spiro atoms. The molecule has 23 heavy (non-hydrogen) atoms. The van der Waals surface area contributed by atoms with Crippen molar-refractivity contribution in [3.63, 3.8) is 0 Å². The van der Waals surface area contributed by atoms with E-state index in [1.54, 1.807) is 7.11 Å². The highest BCUT2D eigenvalue weighted by Crippen LogP contribution is 2.25. The molecule has 1 unspecified atom stereocenters. The molecule has 2 aromatic carbocycles. The third-order valence-corrected chi connectivity index (χ3v) is 4.07. The van der Waals surface area contributed by atoms with E-state index in [9.17, 15) is 0 Å². The summed E-state index contributed by atoms with van der Waals surface area (Å²) in [5.74, 6) is 0.777. The lowest BCUT2D eigenvalue weighted by Crippen LogP contribution is -2.31. The molecule has 2 rings (SSSR count). The fourth-order valence-corrected chi connectivity index (χ4v) is 2.87. The van der Waals surface area contributed by atoms with Crippen LogP contribution in [0.4, 0.5) is 5.69 Å². The van der Waals surface area contributed by atoms with Crippen molar-refractivity contribution in [2.24, 2.45) is 0 Å². The summed E-state index contributed by atoms with van der Waals surface area (Å²) in [4.78, 5) is 0. The van der Waals surface area contributed by atoms with Crippen molar-refractivity contribution in [3.05, 3.63) is 58.7 Å². The Morgan fingerprint density at radius 2 is 1.70 bits per heavy atom. The number of benzene rings is 2. The van der Waals surface area contributed by atoms with E-state index in [4.69, 9.17) is 17.0 Å². The molecule has 0 aliphatic carbocycles. The number of thiocarbonyl (C=S) groups is 1. The minimum atomic E-state index is 0.130. The Morgan fingerprint density at radius 3 is 2.39 bits per heavy atom. The summed E-state index contributed by atoms with van der Waals surface area (Å²) in [6.07, 6.45) is 0. The number of methoxy groups -OCH3 is 1. The summed E-state index contributed by atoms with van der Waals surface area (Å²) in [5, 5.41) is 7.17. The lowest BCUT2D eigenvalue weighted by atomic mass is 10.0. The van der Waals surface area contributed by atoms with Gasteiger partial charge in [-0.05, 0) is 68.7 Å². The first kappa shape index (κ1) is 17.3. The van der Waals surface area contributed by atoms with Gasteiger partial charge >= 0.3 is 0 Å². The normalized spacial score (nSPS) is 11.7. The molecule has 0 heterocycles. The van der Waals surface area contributed by atoms with Crippen molar-refractivity contribution in [3.8, 4) is 5.75 Å². The molecular weight excluding hydrogens is 304 g/mol. The predicted octanol–water partition coefficient (Wildman–Crippen LogP) is 4.67. The minimum absolute atomic E-state index is 0.130. The van der Waals surface area contributed by atoms with E-state index in [1.807, 2.05) is 25.1 Å². The molecule has 122 valence electrons. The Kier molecular flexibility index (Phi) is 5.61. The fourth-order valence-electron chi connectivity index (χ4n) is 2.58. The van der Waals surface area contributed by atoms with Crippen molar-refractivity contribution < 1.29 is 4.74 Å². The van der Waals surface area contributed by atoms with E-state index in [1.165, 1.54) is 16.7 Å². The minimum Gasteiger partial charge on any atom is -0.495 e. The van der Waals surface area contributed by atoms with Gasteiger partial charge in [0, 0.05) is 0 Å². The number of rotatable bonds is 4. The Morgan fingerprint density at radius 1 is 1.04 bits per heavy atom. The maximum Gasteiger partial charge on any atom is 0.171 e. The monoisotopic (exact) mass is 328 g/mol. The summed E-state index contributed by atoms with van der Waals surface area (Å²) in [7, 11) is 1.66. The van der Waals surface area contributed by atoms with Crippen LogP contribution in [-0.2, 0) is 0 Å². The fraction of sp³-hybridized carbons (Fsp3) is 0.316. The van der Waals surface area contributed by atoms with Crippen LogP contribution in [0, 0.1) is 20.8 Å². The maximum absolute atomic E-state index is 5.46. The molecule has 2 N–H and O–H groups in total. The van der Waals surface area contributed by atoms with Gasteiger partial charge in [0.25, 0.3) is 0 Å². The van der Waals surface area contributed by atoms with Gasteiger partial charge in [-0.25, -0.2) is 0 Å². The Bertz CT molecular complexity index is 713. The van der Waals surface area contributed by atoms with Gasteiger partial charge in [-0.3, -0.25) is 0 Å². The number of hydrogen-bond donors (Lipinski definition) is 2. The van der Waals surface area contributed by atoms with E-state index in [0.29, 0.717) is 5.11 Å². The summed E-state index contributed by atoms with van der Waals surface area (Å²) in [6.45, 7) is 8.37. The van der Waals surface area contributed by atoms with Crippen molar-refractivity contribution >= 4 is 23.0 Å². The van der Waals surface area contributed by atoms with E-state index in [-0.39, 0.29) is 6.04 Å². The lowest BCUT2D eigenvalue weighted by Gasteiger charge is -2.20. The van der Waals surface area contributed by atoms with E-state index >= 15 is 0 Å². The van der Waals surface area contributed by atoms with Crippen molar-refractivity contribution in [1.29, 1.82) is 0 Å². The van der Waals surface area contributed by atoms with Crippen LogP contribution in [0.3, 0.4) is 0 Å². The van der Waals surface area contributed by atoms with Crippen LogP contribution < -0.4 is 15.4 Å². The van der Waals surface area contributed by atoms with Crippen molar-refractivity contribution in [2.45, 2.75) is 33.7 Å². The first-order valence-corrected chi connectivity index (χ1v) is 8.11. The zero-order chi connectivity index (χ0) is 17.0. The van der Waals surface area contributed by atoms with Crippen LogP contribution >= 0.6 is 12.2 Å². The summed E-state index contributed by atoms with van der Waals surface area (Å²) in [5.41, 5.74) is 5.78. The van der Waals surface area contributed by atoms with Gasteiger partial charge < -0.3 is 15.4 Å². The first-order chi connectivity index (χ1) is 10.9. The van der Waals surface area contributed by atoms with Crippen LogP contribution in [0.25, 0.3) is 0 Å². The van der Waals surface area contributed by atoms with Crippen LogP contribution in [-0.4, -0.2) is 12.2 Å². The van der Waals surface area contributed by atoms with E-state index < -0.39 is 0 Å². The van der Waals surface area contributed by atoms with E-state index in [2.05, 4.69) is 49.6 Å². The highest BCUT2D eigenvalue weighted by molar-refractivity contribution is 7.80. The molecule has 1 atom stereocenters. The molecule has 0 fully saturated rings. The SMILES string of the molecule is COc1ccc(C)cc1NC(=S)NC(C)c1cc(C)ccc1C. The van der Waals surface area contributed by atoms with Gasteiger partial charge in [0.1, 0.15) is 5.75 Å². The third kappa shape index (κ3) is 4.45. The Balaban J connectivity index is 2.10. The second-order valence-corrected chi connectivity index (χ2v) is 6.29. The smallest absolute Gasteiger partial charge is 0.171 e. The largest absolute Gasteiger partial charge is 0.495 e. The Hall–Kier alpha value is -2.07. The van der Waals surface area contributed by atoms with Gasteiger partial charge in [0.15, 0.2) is 5.11 Å². The third-order valence-electron chi connectivity index (χ3n) is 3.85. The van der Waals surface area contributed by atoms with Crippen LogP contribution in [0.15, 0.2) is 36.4 Å². The molecule has 0 radical (unpaired) electrons. The average molecular weight is 328 g/mol. The van der Waals surface area contributed by atoms with Crippen LogP contribution in [0.5, 0.6) is 5.75 Å². The predicted molar refractivity (Wildman–Crippen MR) is 101 cm³/mol. The molecule has 2 aromatic rings. The first-order valence-electron chi connectivity index (χ1n) is 7.70. The second-order valence-electron chi connectivity index (χ2n) is 5.88. The van der Waals surface area contributed by atoms with Gasteiger partial charge in [-0.2, -0.15) is 0 Å². The van der Waals surface area contributed by atoms with Crippen LogP contribution in [0.2, 0.25) is 0 Å². The zero-order valence-corrected chi connectivity index (χ0v) is 15.2. The average Bonchev–Trinajstić information content (AvgIpc) is 2.49. The molecule has 0 saturated heterocycles. The van der Waals surface area contributed by atoms with Gasteiger partial charge in [0.05, 0.1) is 18.8 Å².